The molecular weight excluding hydrogens is 659 g/mol. The third-order valence-electron chi connectivity index (χ3n) is 8.88. The van der Waals surface area contributed by atoms with Crippen molar-refractivity contribution in [3.8, 4) is 5.88 Å². The van der Waals surface area contributed by atoms with Crippen molar-refractivity contribution < 1.29 is 53.9 Å². The summed E-state index contributed by atoms with van der Waals surface area (Å²) in [4.78, 5) is 3.81. The molecule has 1 aromatic heterocycles. The van der Waals surface area contributed by atoms with E-state index in [1.165, 1.54) is 7.11 Å². The lowest BCUT2D eigenvalue weighted by Gasteiger charge is -2.49. The SMILES string of the molecule is CCC[C@H](C=CC(C)=C[C@@H](O[Si](C(C)C)(C(C)C)C(C)C)[C@H]1C[C@@H](CO)C[C@](Cc2nc(OS(=O)(=O)C(F)(F)F)co2)(OC)O1)OC. The lowest BCUT2D eigenvalue weighted by molar-refractivity contribution is -0.291. The number of hydrogen-bond donors (Lipinski definition) is 1. The number of methoxy groups -OCH3 is 2. The summed E-state index contributed by atoms with van der Waals surface area (Å²) in [5, 5.41) is 10.4. The molecule has 47 heavy (non-hydrogen) atoms. The van der Waals surface area contributed by atoms with Crippen LogP contribution in [-0.2, 0) is 35.2 Å². The predicted molar refractivity (Wildman–Crippen MR) is 175 cm³/mol. The molecule has 1 fully saturated rings. The summed E-state index contributed by atoms with van der Waals surface area (Å²) in [5.41, 5.74) is -3.91. The van der Waals surface area contributed by atoms with Crippen LogP contribution in [0, 0.1) is 5.92 Å². The second-order valence-electron chi connectivity index (χ2n) is 13.2. The number of rotatable bonds is 18. The first-order valence-electron chi connectivity index (χ1n) is 16.2. The molecule has 1 aliphatic heterocycles. The van der Waals surface area contributed by atoms with Crippen molar-refractivity contribution in [2.45, 2.75) is 134 Å². The van der Waals surface area contributed by atoms with Crippen molar-refractivity contribution in [1.29, 1.82) is 0 Å². The standard InChI is InChI=1S/C32H54F3NO9SSi/c1-11-12-26(40-9)14-13-24(8)15-28(45-47(21(2)3,22(4)5)23(6)7)27-16-25(19-37)17-31(41-10,43-27)18-29-36-30(20-42-29)44-46(38,39)32(33,34)35/h13-15,20-23,25-28,37H,11-12,16-19H2,1-10H3/t25-,26-,27-,28-,31+/m1/s1. The summed E-state index contributed by atoms with van der Waals surface area (Å²) >= 11 is 0. The van der Waals surface area contributed by atoms with Gasteiger partial charge in [-0.1, -0.05) is 78.7 Å². The number of oxazole rings is 1. The van der Waals surface area contributed by atoms with Crippen LogP contribution in [0.3, 0.4) is 0 Å². The van der Waals surface area contributed by atoms with Gasteiger partial charge in [-0.05, 0) is 42.3 Å². The molecule has 1 aliphatic rings. The predicted octanol–water partition coefficient (Wildman–Crippen LogP) is 7.45. The smallest absolute Gasteiger partial charge is 0.445 e. The van der Waals surface area contributed by atoms with Crippen molar-refractivity contribution >= 4 is 18.4 Å². The van der Waals surface area contributed by atoms with Crippen LogP contribution in [0.1, 0.15) is 87.0 Å². The first-order valence-corrected chi connectivity index (χ1v) is 19.7. The maximum Gasteiger partial charge on any atom is 0.534 e. The Labute approximate surface area is 279 Å². The molecule has 0 spiro atoms. The molecule has 1 aromatic rings. The van der Waals surface area contributed by atoms with E-state index in [0.717, 1.165) is 18.4 Å². The Morgan fingerprint density at radius 1 is 1.17 bits per heavy atom. The summed E-state index contributed by atoms with van der Waals surface area (Å²) < 4.78 is 96.4. The maximum atomic E-state index is 12.9. The first kappa shape index (κ1) is 41.4. The normalized spacial score (nSPS) is 23.3. The molecule has 10 nitrogen and oxygen atoms in total. The number of nitrogens with zero attached hydrogens (tertiary/aromatic N) is 1. The molecule has 5 atom stereocenters. The van der Waals surface area contributed by atoms with Gasteiger partial charge in [0.05, 0.1) is 24.7 Å². The molecule has 0 unspecified atom stereocenters. The number of halogens is 3. The fourth-order valence-corrected chi connectivity index (χ4v) is 12.6. The highest BCUT2D eigenvalue weighted by Crippen LogP contribution is 2.46. The number of hydrogen-bond acceptors (Lipinski definition) is 10. The number of ether oxygens (including phenoxy) is 3. The number of aliphatic hydroxyl groups excluding tert-OH is 1. The van der Waals surface area contributed by atoms with Crippen molar-refractivity contribution in [3.05, 3.63) is 36.0 Å². The van der Waals surface area contributed by atoms with Crippen molar-refractivity contribution in [2.75, 3.05) is 20.8 Å². The van der Waals surface area contributed by atoms with E-state index in [4.69, 9.17) is 23.1 Å². The van der Waals surface area contributed by atoms with Crippen molar-refractivity contribution in [3.63, 3.8) is 0 Å². The third kappa shape index (κ3) is 10.6. The van der Waals surface area contributed by atoms with Crippen LogP contribution in [0.15, 0.2) is 34.5 Å². The average molecular weight is 714 g/mol. The molecule has 15 heteroatoms. The Bertz CT molecular complexity index is 1260. The number of aromatic nitrogens is 1. The van der Waals surface area contributed by atoms with Gasteiger partial charge in [0.15, 0.2) is 12.1 Å². The number of aliphatic hydroxyl groups is 1. The lowest BCUT2D eigenvalue weighted by atomic mass is 9.86. The molecule has 2 rings (SSSR count). The van der Waals surface area contributed by atoms with E-state index in [1.807, 2.05) is 25.2 Å². The van der Waals surface area contributed by atoms with Gasteiger partial charge in [-0.2, -0.15) is 26.6 Å². The van der Waals surface area contributed by atoms with Gasteiger partial charge in [-0.15, -0.1) is 0 Å². The summed E-state index contributed by atoms with van der Waals surface area (Å²) in [6.07, 6.45) is 7.84. The highest BCUT2D eigenvalue weighted by atomic mass is 32.2. The Balaban J connectivity index is 2.56. The van der Waals surface area contributed by atoms with Crippen LogP contribution < -0.4 is 4.18 Å². The van der Waals surface area contributed by atoms with Crippen LogP contribution >= 0.6 is 0 Å². The van der Waals surface area contributed by atoms with Gasteiger partial charge in [-0.3, -0.25) is 0 Å². The molecule has 0 saturated carbocycles. The van der Waals surface area contributed by atoms with E-state index in [9.17, 15) is 26.7 Å². The Hall–Kier alpha value is -1.75. The largest absolute Gasteiger partial charge is 0.534 e. The second-order valence-corrected chi connectivity index (χ2v) is 20.2. The van der Waals surface area contributed by atoms with Crippen LogP contribution in [0.2, 0.25) is 16.6 Å². The fourth-order valence-electron chi connectivity index (χ4n) is 6.70. The molecule has 0 aliphatic carbocycles. The second kappa shape index (κ2) is 17.3. The van der Waals surface area contributed by atoms with Crippen LogP contribution in [0.5, 0.6) is 5.88 Å². The van der Waals surface area contributed by atoms with Gasteiger partial charge in [0, 0.05) is 27.2 Å². The topological polar surface area (TPSA) is 127 Å². The minimum Gasteiger partial charge on any atom is -0.445 e. The van der Waals surface area contributed by atoms with E-state index in [-0.39, 0.29) is 54.0 Å². The van der Waals surface area contributed by atoms with E-state index in [0.29, 0.717) is 12.7 Å². The quantitative estimate of drug-likeness (QED) is 0.0709. The van der Waals surface area contributed by atoms with E-state index in [2.05, 4.69) is 57.6 Å². The van der Waals surface area contributed by atoms with Gasteiger partial charge in [0.2, 0.25) is 14.2 Å². The van der Waals surface area contributed by atoms with Crippen LogP contribution in [0.25, 0.3) is 0 Å². The van der Waals surface area contributed by atoms with Gasteiger partial charge in [-0.25, -0.2) is 0 Å². The molecule has 0 aromatic carbocycles. The maximum absolute atomic E-state index is 12.9. The molecule has 1 saturated heterocycles. The van der Waals surface area contributed by atoms with Gasteiger partial charge < -0.3 is 32.3 Å². The number of alkyl halides is 3. The van der Waals surface area contributed by atoms with E-state index in [1.54, 1.807) is 7.11 Å². The van der Waals surface area contributed by atoms with E-state index >= 15 is 0 Å². The zero-order valence-electron chi connectivity index (χ0n) is 29.3. The Kier molecular flexibility index (Phi) is 15.2. The highest BCUT2D eigenvalue weighted by molar-refractivity contribution is 7.87. The number of allylic oxidation sites excluding steroid dienone is 2. The zero-order valence-corrected chi connectivity index (χ0v) is 31.1. The van der Waals surface area contributed by atoms with Crippen LogP contribution in [0.4, 0.5) is 13.2 Å². The minimum atomic E-state index is -5.94. The summed E-state index contributed by atoms with van der Waals surface area (Å²) in [6, 6.07) is 0. The highest BCUT2D eigenvalue weighted by Gasteiger charge is 2.51. The summed E-state index contributed by atoms with van der Waals surface area (Å²) in [6.45, 7) is 17.0. The molecule has 272 valence electrons. The average Bonchev–Trinajstić information content (AvgIpc) is 3.41. The summed E-state index contributed by atoms with van der Waals surface area (Å²) in [5.74, 6) is -2.77. The molecular formula is C32H54F3NO9SSi. The molecule has 0 radical (unpaired) electrons. The zero-order chi connectivity index (χ0) is 35.8. The molecule has 0 bridgehead atoms. The minimum absolute atomic E-state index is 0.0372. The van der Waals surface area contributed by atoms with Gasteiger partial charge >= 0.3 is 15.6 Å². The Morgan fingerprint density at radius 3 is 2.28 bits per heavy atom. The third-order valence-corrected chi connectivity index (χ3v) is 15.9. The monoisotopic (exact) mass is 713 g/mol. The fraction of sp³-hybridized carbons (Fsp3) is 0.781. The summed E-state index contributed by atoms with van der Waals surface area (Å²) in [7, 11) is -5.32. The van der Waals surface area contributed by atoms with Crippen LogP contribution in [-0.4, -0.2) is 77.3 Å². The first-order chi connectivity index (χ1) is 21.8. The van der Waals surface area contributed by atoms with Gasteiger partial charge in [0.1, 0.15) is 0 Å². The molecule has 0 amide bonds. The van der Waals surface area contributed by atoms with Crippen molar-refractivity contribution in [1.82, 2.24) is 4.98 Å². The van der Waals surface area contributed by atoms with Crippen molar-refractivity contribution in [2.24, 2.45) is 5.92 Å². The Morgan fingerprint density at radius 2 is 1.79 bits per heavy atom. The molecule has 2 heterocycles. The van der Waals surface area contributed by atoms with E-state index < -0.39 is 47.8 Å². The van der Waals surface area contributed by atoms with Gasteiger partial charge in [0.25, 0.3) is 5.88 Å². The lowest BCUT2D eigenvalue weighted by Crippen LogP contribution is -2.56. The molecule has 1 N–H and O–H groups in total.